The van der Waals surface area contributed by atoms with Crippen molar-refractivity contribution in [1.82, 2.24) is 9.88 Å². The highest BCUT2D eigenvalue weighted by molar-refractivity contribution is 6.06. The summed E-state index contributed by atoms with van der Waals surface area (Å²) in [4.78, 5) is 35.2. The quantitative estimate of drug-likeness (QED) is 0.439. The number of hydrogen-bond acceptors (Lipinski definition) is 7. The number of carbonyl (C=O) groups excluding carboxylic acids is 2. The third-order valence-electron chi connectivity index (χ3n) is 5.51. The fourth-order valence-corrected chi connectivity index (χ4v) is 3.72. The Labute approximate surface area is 222 Å². The third-order valence-corrected chi connectivity index (χ3v) is 5.51. The summed E-state index contributed by atoms with van der Waals surface area (Å²) >= 11 is 0. The summed E-state index contributed by atoms with van der Waals surface area (Å²) in [6.07, 6.45) is 1.03. The minimum Gasteiger partial charge on any atom is -0.443 e. The van der Waals surface area contributed by atoms with Gasteiger partial charge in [-0.05, 0) is 45.9 Å². The van der Waals surface area contributed by atoms with Crippen LogP contribution in [0.1, 0.15) is 63.6 Å². The lowest BCUT2D eigenvalue weighted by molar-refractivity contribution is -0.137. The number of anilines is 1. The number of carbonyl (C=O) groups is 2. The number of aliphatic imine (C=N–C) groups is 1. The first-order valence-corrected chi connectivity index (χ1v) is 12.3. The fourth-order valence-electron chi connectivity index (χ4n) is 3.72. The van der Waals surface area contributed by atoms with Crippen LogP contribution in [0, 0.1) is 11.2 Å². The average molecular weight is 526 g/mol. The first kappa shape index (κ1) is 30.2. The minimum atomic E-state index is -1.03. The Hall–Kier alpha value is -4.05. The van der Waals surface area contributed by atoms with E-state index in [0.717, 1.165) is 0 Å². The van der Waals surface area contributed by atoms with E-state index in [9.17, 15) is 14.0 Å². The summed E-state index contributed by atoms with van der Waals surface area (Å²) in [6, 6.07) is 12.3. The van der Waals surface area contributed by atoms with Gasteiger partial charge in [0.2, 0.25) is 5.91 Å². The second-order valence-corrected chi connectivity index (χ2v) is 9.16. The maximum atomic E-state index is 14.8. The van der Waals surface area contributed by atoms with Gasteiger partial charge in [0, 0.05) is 30.0 Å². The van der Waals surface area contributed by atoms with E-state index in [-0.39, 0.29) is 29.2 Å². The number of oxazole rings is 1. The molecule has 0 fully saturated rings. The lowest BCUT2D eigenvalue weighted by Gasteiger charge is -2.38. The van der Waals surface area contributed by atoms with Gasteiger partial charge in [0.15, 0.2) is 23.8 Å². The van der Waals surface area contributed by atoms with Gasteiger partial charge in [-0.15, -0.1) is 0 Å². The number of aliphatic hydroxyl groups is 1. The van der Waals surface area contributed by atoms with E-state index in [2.05, 4.69) is 15.3 Å². The van der Waals surface area contributed by atoms with Crippen molar-refractivity contribution < 1.29 is 23.5 Å². The summed E-state index contributed by atoms with van der Waals surface area (Å²) in [5.41, 5.74) is 6.11. The molecule has 2 amide bonds. The number of guanidine groups is 1. The van der Waals surface area contributed by atoms with E-state index >= 15 is 0 Å². The normalized spacial score (nSPS) is 16.1. The molecular formula is C28H36FN5O4. The SMILES string of the molecule is CC.CC(C)O.CN1C(=O)C(C)(C)C(c2cc(NC(=O)c3ncoc3-c3ccccc3)ccc2F)N=C1N. The van der Waals surface area contributed by atoms with E-state index in [1.54, 1.807) is 39.8 Å². The Morgan fingerprint density at radius 1 is 1.18 bits per heavy atom. The molecule has 2 heterocycles. The van der Waals surface area contributed by atoms with E-state index in [1.807, 2.05) is 32.0 Å². The van der Waals surface area contributed by atoms with Crippen molar-refractivity contribution in [3.63, 3.8) is 0 Å². The van der Waals surface area contributed by atoms with Gasteiger partial charge in [0.05, 0.1) is 11.5 Å². The highest BCUT2D eigenvalue weighted by Gasteiger charge is 2.45. The molecule has 0 saturated carbocycles. The number of halogens is 1. The van der Waals surface area contributed by atoms with E-state index < -0.39 is 23.2 Å². The maximum absolute atomic E-state index is 14.8. The molecule has 0 radical (unpaired) electrons. The number of amides is 2. The smallest absolute Gasteiger partial charge is 0.278 e. The number of nitrogens with zero attached hydrogens (tertiary/aromatic N) is 3. The second-order valence-electron chi connectivity index (χ2n) is 9.16. The zero-order valence-corrected chi connectivity index (χ0v) is 22.8. The Morgan fingerprint density at radius 2 is 1.79 bits per heavy atom. The van der Waals surface area contributed by atoms with Crippen LogP contribution in [0.4, 0.5) is 10.1 Å². The maximum Gasteiger partial charge on any atom is 0.278 e. The molecule has 9 nitrogen and oxygen atoms in total. The van der Waals surface area contributed by atoms with Gasteiger partial charge in [-0.1, -0.05) is 44.2 Å². The van der Waals surface area contributed by atoms with E-state index in [0.29, 0.717) is 17.0 Å². The molecule has 0 spiro atoms. The van der Waals surface area contributed by atoms with Gasteiger partial charge in [-0.3, -0.25) is 14.5 Å². The summed E-state index contributed by atoms with van der Waals surface area (Å²) in [5.74, 6) is -1.02. The van der Waals surface area contributed by atoms with Crippen LogP contribution in [0.25, 0.3) is 11.3 Å². The topological polar surface area (TPSA) is 134 Å². The summed E-state index contributed by atoms with van der Waals surface area (Å²) in [6.45, 7) is 10.8. The van der Waals surface area contributed by atoms with Crippen LogP contribution in [-0.4, -0.2) is 45.9 Å². The lowest BCUT2D eigenvalue weighted by Crippen LogP contribution is -2.51. The van der Waals surface area contributed by atoms with E-state index in [1.165, 1.54) is 36.5 Å². The van der Waals surface area contributed by atoms with Crippen molar-refractivity contribution in [2.75, 3.05) is 12.4 Å². The lowest BCUT2D eigenvalue weighted by atomic mass is 9.78. The molecule has 1 unspecified atom stereocenters. The number of aliphatic hydroxyl groups excluding tert-OH is 1. The first-order valence-electron chi connectivity index (χ1n) is 12.3. The van der Waals surface area contributed by atoms with Gasteiger partial charge in [0.25, 0.3) is 5.91 Å². The van der Waals surface area contributed by atoms with Crippen molar-refractivity contribution in [3.8, 4) is 11.3 Å². The van der Waals surface area contributed by atoms with Crippen molar-refractivity contribution in [2.24, 2.45) is 16.1 Å². The molecule has 0 saturated heterocycles. The number of benzene rings is 2. The van der Waals surface area contributed by atoms with Crippen molar-refractivity contribution in [1.29, 1.82) is 0 Å². The van der Waals surface area contributed by atoms with Crippen LogP contribution in [0.3, 0.4) is 0 Å². The van der Waals surface area contributed by atoms with Gasteiger partial charge in [0.1, 0.15) is 5.82 Å². The molecule has 38 heavy (non-hydrogen) atoms. The molecule has 0 aliphatic carbocycles. The molecular weight excluding hydrogens is 489 g/mol. The second kappa shape index (κ2) is 13.0. The molecule has 1 aliphatic heterocycles. The van der Waals surface area contributed by atoms with Crippen LogP contribution in [0.5, 0.6) is 0 Å². The largest absolute Gasteiger partial charge is 0.443 e. The average Bonchev–Trinajstić information content (AvgIpc) is 3.38. The van der Waals surface area contributed by atoms with Gasteiger partial charge in [-0.2, -0.15) is 0 Å². The highest BCUT2D eigenvalue weighted by Crippen LogP contribution is 2.42. The number of rotatable bonds is 4. The monoisotopic (exact) mass is 525 g/mol. The molecule has 204 valence electrons. The standard InChI is InChI=1S/C23H22FN5O3.C3H8O.C2H6/c1-23(2)19(28-22(25)29(3)21(23)31)15-11-14(9-10-16(15)24)27-20(30)17-18(32-12-26-17)13-7-5-4-6-8-13;1-3(2)4;1-2/h4-12,19H,1-3H3,(H2,25,28)(H,27,30);3-4H,1-2H3;1-2H3. The van der Waals surface area contributed by atoms with Crippen LogP contribution in [-0.2, 0) is 4.79 Å². The van der Waals surface area contributed by atoms with Crippen molar-refractivity contribution in [3.05, 3.63) is 72.0 Å². The molecule has 1 aliphatic rings. The van der Waals surface area contributed by atoms with Crippen LogP contribution in [0.15, 0.2) is 64.3 Å². The van der Waals surface area contributed by atoms with Crippen LogP contribution in [0.2, 0.25) is 0 Å². The molecule has 4 rings (SSSR count). The number of nitrogens with two attached hydrogens (primary N) is 1. The molecule has 1 atom stereocenters. The summed E-state index contributed by atoms with van der Waals surface area (Å²) < 4.78 is 20.2. The summed E-state index contributed by atoms with van der Waals surface area (Å²) in [5, 5.41) is 10.8. The van der Waals surface area contributed by atoms with Crippen LogP contribution >= 0.6 is 0 Å². The van der Waals surface area contributed by atoms with Gasteiger partial charge < -0.3 is 20.6 Å². The number of nitrogens with one attached hydrogen (secondary N) is 1. The van der Waals surface area contributed by atoms with E-state index in [4.69, 9.17) is 15.3 Å². The van der Waals surface area contributed by atoms with Crippen molar-refractivity contribution in [2.45, 2.75) is 53.7 Å². The molecule has 10 heteroatoms. The zero-order valence-electron chi connectivity index (χ0n) is 22.8. The zero-order chi connectivity index (χ0) is 28.6. The third kappa shape index (κ3) is 6.83. The Kier molecular flexibility index (Phi) is 10.3. The predicted molar refractivity (Wildman–Crippen MR) is 146 cm³/mol. The van der Waals surface area contributed by atoms with Crippen LogP contribution < -0.4 is 11.1 Å². The predicted octanol–water partition coefficient (Wildman–Crippen LogP) is 5.00. The van der Waals surface area contributed by atoms with Crippen molar-refractivity contribution >= 4 is 23.5 Å². The fraction of sp³-hybridized carbons (Fsp3) is 0.357. The molecule has 3 aromatic rings. The number of hydrogen-bond donors (Lipinski definition) is 3. The molecule has 2 aromatic carbocycles. The molecule has 1 aromatic heterocycles. The molecule has 4 N–H and O–H groups in total. The summed E-state index contributed by atoms with van der Waals surface area (Å²) in [7, 11) is 1.52. The Morgan fingerprint density at radius 3 is 2.39 bits per heavy atom. The Balaban J connectivity index is 0.000000773. The number of aromatic nitrogens is 1. The first-order chi connectivity index (χ1) is 17.9. The highest BCUT2D eigenvalue weighted by atomic mass is 19.1. The van der Waals surface area contributed by atoms with Gasteiger partial charge in [-0.25, -0.2) is 14.4 Å². The minimum absolute atomic E-state index is 0.00302. The van der Waals surface area contributed by atoms with Gasteiger partial charge >= 0.3 is 0 Å². The molecule has 0 bridgehead atoms. The Bertz CT molecular complexity index is 1270.